The maximum absolute atomic E-state index is 11.9. The molecule has 4 fully saturated rings. The molecule has 0 bridgehead atoms. The summed E-state index contributed by atoms with van der Waals surface area (Å²) >= 11 is 0. The number of carbonyl (C=O) groups is 1. The number of allylic oxidation sites excluding steroid dienone is 1. The fourth-order valence-corrected chi connectivity index (χ4v) is 11.9. The lowest BCUT2D eigenvalue weighted by atomic mass is 9.33. The molecule has 220 valence electrons. The molecule has 1 unspecified atom stereocenters. The third-order valence-electron chi connectivity index (χ3n) is 13.9. The maximum atomic E-state index is 11.9. The Hall–Kier alpha value is -1.43. The normalized spacial score (nSPS) is 45.6. The maximum Gasteiger partial charge on any atom is 0.302 e. The number of hydrogen-bond acceptors (Lipinski definition) is 5. The Morgan fingerprint density at radius 1 is 0.974 bits per heavy atom. The van der Waals surface area contributed by atoms with Gasteiger partial charge in [0.1, 0.15) is 12.2 Å². The summed E-state index contributed by atoms with van der Waals surface area (Å²) < 4.78 is 5.89. The van der Waals surface area contributed by atoms with Gasteiger partial charge in [0, 0.05) is 22.7 Å². The van der Waals surface area contributed by atoms with Crippen LogP contribution in [0.4, 0.5) is 0 Å². The lowest BCUT2D eigenvalue weighted by molar-refractivity contribution is -0.494. The van der Waals surface area contributed by atoms with Crippen LogP contribution in [0.1, 0.15) is 120 Å². The summed E-state index contributed by atoms with van der Waals surface area (Å²) in [5, 5.41) is 22.9. The van der Waals surface area contributed by atoms with E-state index in [9.17, 15) is 20.0 Å². The summed E-state index contributed by atoms with van der Waals surface area (Å²) in [7, 11) is 0. The Kier molecular flexibility index (Phi) is 6.93. The van der Waals surface area contributed by atoms with E-state index in [0.717, 1.165) is 51.4 Å². The van der Waals surface area contributed by atoms with Gasteiger partial charge in [-0.2, -0.15) is 0 Å². The van der Waals surface area contributed by atoms with Gasteiger partial charge in [-0.3, -0.25) is 14.9 Å². The largest absolute Gasteiger partial charge is 0.462 e. The van der Waals surface area contributed by atoms with Crippen LogP contribution in [0, 0.1) is 60.9 Å². The molecular weight excluding hydrogens is 490 g/mol. The molecule has 0 aromatic heterocycles. The summed E-state index contributed by atoms with van der Waals surface area (Å²) in [5.74, 6) is 1.75. The fraction of sp³-hybridized carbons (Fsp3) is 0.909. The molecule has 9 atom stereocenters. The highest BCUT2D eigenvalue weighted by atomic mass is 16.6. The van der Waals surface area contributed by atoms with Crippen LogP contribution >= 0.6 is 0 Å². The SMILES string of the molecule is CC(=O)O[C@H]1CC[C@]2(C)[C@H]3CC[C@@H]4C5=C(C(C)C)CC[C@]5(C(O)C[N+](=O)[O-])CC[C@@]4(C)[C@]3(C)CC[C@H]2C1(C)C. The molecule has 6 nitrogen and oxygen atoms in total. The van der Waals surface area contributed by atoms with E-state index in [1.165, 1.54) is 24.0 Å². The van der Waals surface area contributed by atoms with Crippen LogP contribution in [0.25, 0.3) is 0 Å². The van der Waals surface area contributed by atoms with Crippen LogP contribution < -0.4 is 0 Å². The van der Waals surface area contributed by atoms with Gasteiger partial charge in [0.15, 0.2) is 0 Å². The van der Waals surface area contributed by atoms with Crippen molar-refractivity contribution < 1.29 is 19.6 Å². The van der Waals surface area contributed by atoms with Gasteiger partial charge in [0.05, 0.1) is 0 Å². The van der Waals surface area contributed by atoms with E-state index in [2.05, 4.69) is 48.5 Å². The molecule has 0 spiro atoms. The van der Waals surface area contributed by atoms with E-state index in [1.807, 2.05) is 0 Å². The molecule has 0 heterocycles. The number of esters is 1. The number of rotatable bonds is 5. The minimum Gasteiger partial charge on any atom is -0.462 e. The standard InChI is InChI=1S/C33H53NO5/c1-20(2)22-11-16-33(26(36)19-34(37)38)18-17-31(7)23(28(22)33)9-10-25-30(6)14-13-27(39-21(3)35)29(4,5)24(30)12-15-32(25,31)8/h20,23-27,36H,9-19H2,1-8H3/t23-,24+,25-,26?,27+,30+,31-,32-,33-/m1/s1. The minimum atomic E-state index is -0.903. The van der Waals surface area contributed by atoms with E-state index < -0.39 is 11.5 Å². The number of aliphatic hydroxyl groups is 1. The molecular formula is C33H53NO5. The summed E-state index contributed by atoms with van der Waals surface area (Å²) in [6.45, 7) is 18.1. The third-order valence-corrected chi connectivity index (χ3v) is 13.9. The molecule has 0 amide bonds. The molecule has 0 radical (unpaired) electrons. The van der Waals surface area contributed by atoms with E-state index in [0.29, 0.717) is 23.7 Å². The van der Waals surface area contributed by atoms with Gasteiger partial charge in [-0.1, -0.05) is 59.6 Å². The van der Waals surface area contributed by atoms with Crippen molar-refractivity contribution in [2.24, 2.45) is 50.7 Å². The average Bonchev–Trinajstić information content (AvgIpc) is 3.22. The van der Waals surface area contributed by atoms with E-state index in [4.69, 9.17) is 4.74 Å². The zero-order chi connectivity index (χ0) is 28.8. The molecule has 4 saturated carbocycles. The van der Waals surface area contributed by atoms with Crippen molar-refractivity contribution in [3.05, 3.63) is 21.3 Å². The van der Waals surface area contributed by atoms with Gasteiger partial charge < -0.3 is 9.84 Å². The van der Waals surface area contributed by atoms with Gasteiger partial charge >= 0.3 is 5.97 Å². The first-order chi connectivity index (χ1) is 18.0. The number of ether oxygens (including phenoxy) is 1. The minimum absolute atomic E-state index is 0.0139. The van der Waals surface area contributed by atoms with Crippen LogP contribution in [0.3, 0.4) is 0 Å². The first-order valence-electron chi connectivity index (χ1n) is 15.7. The first-order valence-corrected chi connectivity index (χ1v) is 15.7. The first kappa shape index (κ1) is 29.1. The number of aliphatic hydroxyl groups excluding tert-OH is 1. The van der Waals surface area contributed by atoms with Gasteiger partial charge in [-0.25, -0.2) is 0 Å². The third kappa shape index (κ3) is 3.92. The number of fused-ring (bicyclic) bond motifs is 7. The summed E-state index contributed by atoms with van der Waals surface area (Å²) in [6.07, 6.45) is 9.48. The zero-order valence-electron chi connectivity index (χ0n) is 25.8. The highest BCUT2D eigenvalue weighted by Crippen LogP contribution is 2.77. The Labute approximate surface area is 235 Å². The van der Waals surface area contributed by atoms with Crippen molar-refractivity contribution in [2.75, 3.05) is 6.54 Å². The number of nitro groups is 1. The smallest absolute Gasteiger partial charge is 0.302 e. The lowest BCUT2D eigenvalue weighted by Crippen LogP contribution is -2.66. The molecule has 0 aliphatic heterocycles. The van der Waals surface area contributed by atoms with E-state index in [1.54, 1.807) is 6.92 Å². The molecule has 5 aliphatic rings. The number of hydrogen-bond donors (Lipinski definition) is 1. The highest BCUT2D eigenvalue weighted by Gasteiger charge is 2.70. The molecule has 5 rings (SSSR count). The van der Waals surface area contributed by atoms with E-state index >= 15 is 0 Å². The predicted octanol–water partition coefficient (Wildman–Crippen LogP) is 7.36. The fourth-order valence-electron chi connectivity index (χ4n) is 11.9. The molecule has 6 heteroatoms. The molecule has 0 saturated heterocycles. The Morgan fingerprint density at radius 3 is 2.28 bits per heavy atom. The summed E-state index contributed by atoms with van der Waals surface area (Å²) in [6, 6.07) is 0. The topological polar surface area (TPSA) is 89.7 Å². The van der Waals surface area contributed by atoms with Crippen molar-refractivity contribution >= 4 is 5.97 Å². The second kappa shape index (κ2) is 9.29. The second-order valence-corrected chi connectivity index (χ2v) is 15.9. The Balaban J connectivity index is 1.54. The number of carbonyl (C=O) groups excluding carboxylic acids is 1. The predicted molar refractivity (Wildman–Crippen MR) is 152 cm³/mol. The van der Waals surface area contributed by atoms with Crippen LogP contribution in [0.5, 0.6) is 0 Å². The summed E-state index contributed by atoms with van der Waals surface area (Å²) in [5.41, 5.74) is 2.92. The van der Waals surface area contributed by atoms with Crippen LogP contribution in [0.15, 0.2) is 11.1 Å². The highest BCUT2D eigenvalue weighted by molar-refractivity contribution is 5.66. The Bertz CT molecular complexity index is 1060. The molecule has 0 aromatic carbocycles. The lowest BCUT2D eigenvalue weighted by Gasteiger charge is -2.72. The molecule has 39 heavy (non-hydrogen) atoms. The van der Waals surface area contributed by atoms with Gasteiger partial charge in [-0.15, -0.1) is 0 Å². The van der Waals surface area contributed by atoms with Gasteiger partial charge in [0.25, 0.3) is 0 Å². The second-order valence-electron chi connectivity index (χ2n) is 15.9. The van der Waals surface area contributed by atoms with Gasteiger partial charge in [0.2, 0.25) is 6.54 Å². The zero-order valence-corrected chi connectivity index (χ0v) is 25.8. The average molecular weight is 544 g/mol. The van der Waals surface area contributed by atoms with Crippen molar-refractivity contribution in [3.8, 4) is 0 Å². The van der Waals surface area contributed by atoms with Crippen molar-refractivity contribution in [2.45, 2.75) is 132 Å². The molecule has 1 N–H and O–H groups in total. The van der Waals surface area contributed by atoms with Crippen LogP contribution in [-0.2, 0) is 9.53 Å². The Morgan fingerprint density at radius 2 is 1.67 bits per heavy atom. The molecule has 5 aliphatic carbocycles. The van der Waals surface area contributed by atoms with Crippen LogP contribution in [0.2, 0.25) is 0 Å². The van der Waals surface area contributed by atoms with Crippen molar-refractivity contribution in [3.63, 3.8) is 0 Å². The molecule has 0 aromatic rings. The van der Waals surface area contributed by atoms with Crippen molar-refractivity contribution in [1.29, 1.82) is 0 Å². The monoisotopic (exact) mass is 543 g/mol. The summed E-state index contributed by atoms with van der Waals surface area (Å²) in [4.78, 5) is 23.2. The van der Waals surface area contributed by atoms with E-state index in [-0.39, 0.29) is 45.2 Å². The van der Waals surface area contributed by atoms with Gasteiger partial charge in [-0.05, 0) is 104 Å². The quantitative estimate of drug-likeness (QED) is 0.169. The van der Waals surface area contributed by atoms with Crippen molar-refractivity contribution in [1.82, 2.24) is 0 Å². The van der Waals surface area contributed by atoms with Crippen LogP contribution in [-0.4, -0.2) is 34.8 Å². The number of nitrogens with zero attached hydrogens (tertiary/aromatic N) is 1.